The molecule has 0 radical (unpaired) electrons. The SMILES string of the molecule is CCCOc1ccccc1OCC(=O)NCc1nc(C)cs1. The molecule has 0 aliphatic carbocycles. The molecular weight excluding hydrogens is 300 g/mol. The van der Waals surface area contributed by atoms with Crippen molar-refractivity contribution in [2.45, 2.75) is 26.8 Å². The second-order valence-corrected chi connectivity index (χ2v) is 5.69. The molecule has 22 heavy (non-hydrogen) atoms. The van der Waals surface area contributed by atoms with Crippen molar-refractivity contribution in [3.05, 3.63) is 40.3 Å². The van der Waals surface area contributed by atoms with Crippen LogP contribution in [0.5, 0.6) is 11.5 Å². The zero-order chi connectivity index (χ0) is 15.8. The standard InChI is InChI=1S/C16H20N2O3S/c1-3-8-20-13-6-4-5-7-14(13)21-10-15(19)17-9-16-18-12(2)11-22-16/h4-7,11H,3,8-10H2,1-2H3,(H,17,19). The third kappa shape index (κ3) is 5.04. The van der Waals surface area contributed by atoms with Gasteiger partial charge in [-0.15, -0.1) is 11.3 Å². The zero-order valence-corrected chi connectivity index (χ0v) is 13.6. The lowest BCUT2D eigenvalue weighted by molar-refractivity contribution is -0.123. The molecule has 1 aromatic heterocycles. The number of hydrogen-bond donors (Lipinski definition) is 1. The maximum absolute atomic E-state index is 11.8. The fourth-order valence-electron chi connectivity index (χ4n) is 1.75. The van der Waals surface area contributed by atoms with E-state index < -0.39 is 0 Å². The van der Waals surface area contributed by atoms with Gasteiger partial charge in [0.1, 0.15) is 5.01 Å². The molecule has 5 nitrogen and oxygen atoms in total. The van der Waals surface area contributed by atoms with Crippen LogP contribution in [0.3, 0.4) is 0 Å². The molecule has 118 valence electrons. The van der Waals surface area contributed by atoms with Gasteiger partial charge in [-0.1, -0.05) is 19.1 Å². The number of hydrogen-bond acceptors (Lipinski definition) is 5. The monoisotopic (exact) mass is 320 g/mol. The Morgan fingerprint density at radius 1 is 1.27 bits per heavy atom. The fraction of sp³-hybridized carbons (Fsp3) is 0.375. The highest BCUT2D eigenvalue weighted by Gasteiger charge is 2.08. The van der Waals surface area contributed by atoms with E-state index in [1.807, 2.05) is 37.4 Å². The van der Waals surface area contributed by atoms with E-state index in [1.165, 1.54) is 11.3 Å². The minimum absolute atomic E-state index is 0.0448. The van der Waals surface area contributed by atoms with E-state index in [2.05, 4.69) is 10.3 Å². The quantitative estimate of drug-likeness (QED) is 0.812. The van der Waals surface area contributed by atoms with Crippen LogP contribution < -0.4 is 14.8 Å². The molecule has 1 N–H and O–H groups in total. The molecule has 0 unspecified atom stereocenters. The van der Waals surface area contributed by atoms with Crippen LogP contribution in [0, 0.1) is 6.92 Å². The molecule has 0 bridgehead atoms. The van der Waals surface area contributed by atoms with E-state index >= 15 is 0 Å². The minimum atomic E-state index is -0.182. The number of amides is 1. The van der Waals surface area contributed by atoms with Crippen molar-refractivity contribution in [1.82, 2.24) is 10.3 Å². The summed E-state index contributed by atoms with van der Waals surface area (Å²) in [6.45, 7) is 4.97. The van der Waals surface area contributed by atoms with Gasteiger partial charge in [0.05, 0.1) is 13.2 Å². The number of benzene rings is 1. The van der Waals surface area contributed by atoms with Gasteiger partial charge in [0.25, 0.3) is 5.91 Å². The maximum Gasteiger partial charge on any atom is 0.258 e. The van der Waals surface area contributed by atoms with E-state index in [0.29, 0.717) is 24.7 Å². The molecule has 0 aliphatic rings. The number of nitrogens with one attached hydrogen (secondary N) is 1. The highest BCUT2D eigenvalue weighted by atomic mass is 32.1. The van der Waals surface area contributed by atoms with E-state index in [9.17, 15) is 4.79 Å². The molecule has 2 rings (SSSR count). The van der Waals surface area contributed by atoms with Gasteiger partial charge in [-0.2, -0.15) is 0 Å². The number of aryl methyl sites for hydroxylation is 1. The van der Waals surface area contributed by atoms with E-state index in [-0.39, 0.29) is 12.5 Å². The number of rotatable bonds is 8. The highest BCUT2D eigenvalue weighted by molar-refractivity contribution is 7.09. The lowest BCUT2D eigenvalue weighted by Crippen LogP contribution is -2.28. The molecule has 0 spiro atoms. The normalized spacial score (nSPS) is 10.3. The lowest BCUT2D eigenvalue weighted by Gasteiger charge is -2.11. The Bertz CT molecular complexity index is 613. The van der Waals surface area contributed by atoms with Crippen molar-refractivity contribution >= 4 is 17.2 Å². The summed E-state index contributed by atoms with van der Waals surface area (Å²) in [4.78, 5) is 16.1. The van der Waals surface area contributed by atoms with Crippen LogP contribution in [0.2, 0.25) is 0 Å². The smallest absolute Gasteiger partial charge is 0.258 e. The van der Waals surface area contributed by atoms with Crippen molar-refractivity contribution in [2.24, 2.45) is 0 Å². The van der Waals surface area contributed by atoms with Crippen molar-refractivity contribution in [3.63, 3.8) is 0 Å². The van der Waals surface area contributed by atoms with Gasteiger partial charge in [0, 0.05) is 11.1 Å². The summed E-state index contributed by atoms with van der Waals surface area (Å²) >= 11 is 1.53. The van der Waals surface area contributed by atoms with Crippen molar-refractivity contribution in [1.29, 1.82) is 0 Å². The van der Waals surface area contributed by atoms with Gasteiger partial charge in [0.2, 0.25) is 0 Å². The lowest BCUT2D eigenvalue weighted by atomic mass is 10.3. The second kappa shape index (κ2) is 8.38. The Balaban J connectivity index is 1.80. The molecule has 0 fully saturated rings. The fourth-order valence-corrected chi connectivity index (χ4v) is 2.46. The predicted molar refractivity (Wildman–Crippen MR) is 86.4 cm³/mol. The summed E-state index contributed by atoms with van der Waals surface area (Å²) in [7, 11) is 0. The van der Waals surface area contributed by atoms with Crippen LogP contribution in [0.4, 0.5) is 0 Å². The molecule has 2 aromatic rings. The van der Waals surface area contributed by atoms with Crippen LogP contribution in [-0.2, 0) is 11.3 Å². The minimum Gasteiger partial charge on any atom is -0.490 e. The van der Waals surface area contributed by atoms with Crippen molar-refractivity contribution in [2.75, 3.05) is 13.2 Å². The van der Waals surface area contributed by atoms with Crippen LogP contribution in [-0.4, -0.2) is 24.1 Å². The molecule has 1 amide bonds. The Kier molecular flexibility index (Phi) is 6.21. The van der Waals surface area contributed by atoms with Gasteiger partial charge in [-0.3, -0.25) is 4.79 Å². The van der Waals surface area contributed by atoms with Gasteiger partial charge >= 0.3 is 0 Å². The first-order chi connectivity index (χ1) is 10.7. The van der Waals surface area contributed by atoms with Gasteiger partial charge in [-0.05, 0) is 25.5 Å². The number of ether oxygens (including phenoxy) is 2. The van der Waals surface area contributed by atoms with Gasteiger partial charge < -0.3 is 14.8 Å². The Morgan fingerprint density at radius 3 is 2.64 bits per heavy atom. The first-order valence-corrected chi connectivity index (χ1v) is 8.09. The molecule has 1 aromatic carbocycles. The van der Waals surface area contributed by atoms with E-state index in [4.69, 9.17) is 9.47 Å². The number of aromatic nitrogens is 1. The summed E-state index contributed by atoms with van der Waals surface area (Å²) < 4.78 is 11.1. The Morgan fingerprint density at radius 2 is 2.00 bits per heavy atom. The van der Waals surface area contributed by atoms with E-state index in [0.717, 1.165) is 17.1 Å². The molecule has 0 saturated heterocycles. The third-order valence-corrected chi connectivity index (χ3v) is 3.74. The average molecular weight is 320 g/mol. The van der Waals surface area contributed by atoms with Crippen LogP contribution >= 0.6 is 11.3 Å². The third-order valence-electron chi connectivity index (χ3n) is 2.77. The Labute approximate surface area is 134 Å². The van der Waals surface area contributed by atoms with Crippen LogP contribution in [0.15, 0.2) is 29.6 Å². The number of carbonyl (C=O) groups excluding carboxylic acids is 1. The molecule has 0 aliphatic heterocycles. The second-order valence-electron chi connectivity index (χ2n) is 4.74. The van der Waals surface area contributed by atoms with Crippen molar-refractivity contribution in [3.8, 4) is 11.5 Å². The summed E-state index contributed by atoms with van der Waals surface area (Å²) in [5.41, 5.74) is 0.965. The maximum atomic E-state index is 11.8. The summed E-state index contributed by atoms with van der Waals surface area (Å²) in [6.07, 6.45) is 0.919. The van der Waals surface area contributed by atoms with Gasteiger partial charge in [-0.25, -0.2) is 4.98 Å². The summed E-state index contributed by atoms with van der Waals surface area (Å²) in [6, 6.07) is 7.36. The average Bonchev–Trinajstić information content (AvgIpc) is 2.95. The highest BCUT2D eigenvalue weighted by Crippen LogP contribution is 2.26. The predicted octanol–water partition coefficient (Wildman–Crippen LogP) is 2.94. The Hall–Kier alpha value is -2.08. The number of para-hydroxylation sites is 2. The first-order valence-electron chi connectivity index (χ1n) is 7.21. The zero-order valence-electron chi connectivity index (χ0n) is 12.8. The molecule has 1 heterocycles. The number of thiazole rings is 1. The van der Waals surface area contributed by atoms with Gasteiger partial charge in [0.15, 0.2) is 18.1 Å². The molecule has 6 heteroatoms. The summed E-state index contributed by atoms with van der Waals surface area (Å²) in [5, 5.41) is 5.63. The first kappa shape index (κ1) is 16.3. The van der Waals surface area contributed by atoms with E-state index in [1.54, 1.807) is 6.07 Å². The molecule has 0 saturated carbocycles. The van der Waals surface area contributed by atoms with Crippen LogP contribution in [0.1, 0.15) is 24.0 Å². The largest absolute Gasteiger partial charge is 0.490 e. The summed E-state index contributed by atoms with van der Waals surface area (Å²) in [5.74, 6) is 1.06. The number of carbonyl (C=O) groups is 1. The topological polar surface area (TPSA) is 60.5 Å². The van der Waals surface area contributed by atoms with Crippen molar-refractivity contribution < 1.29 is 14.3 Å². The molecular formula is C16H20N2O3S. The molecule has 0 atom stereocenters. The number of nitrogens with zero attached hydrogens (tertiary/aromatic N) is 1. The van der Waals surface area contributed by atoms with Crippen LogP contribution in [0.25, 0.3) is 0 Å².